The van der Waals surface area contributed by atoms with Crippen LogP contribution in [0, 0.1) is 12.7 Å². The molecule has 0 aliphatic rings. The van der Waals surface area contributed by atoms with Gasteiger partial charge in [-0.15, -0.1) is 0 Å². The van der Waals surface area contributed by atoms with Crippen LogP contribution in [-0.4, -0.2) is 30.5 Å². The zero-order valence-electron chi connectivity index (χ0n) is 14.1. The van der Waals surface area contributed by atoms with Gasteiger partial charge in [0.2, 0.25) is 5.13 Å². The maximum atomic E-state index is 13.4. The van der Waals surface area contributed by atoms with Crippen molar-refractivity contribution in [3.05, 3.63) is 53.7 Å². The maximum Gasteiger partial charge on any atom is 0.275 e. The minimum atomic E-state index is -0.314. The van der Waals surface area contributed by atoms with Gasteiger partial charge in [-0.1, -0.05) is 11.3 Å². The van der Waals surface area contributed by atoms with Crippen molar-refractivity contribution in [3.63, 3.8) is 0 Å². The SMILES string of the molecule is CCn1nccc1C(=O)Nc1cc(C)nn1-c1nc2ccc(F)cc2s1. The molecule has 3 aromatic heterocycles. The number of thiazole rings is 1. The number of amides is 1. The molecule has 132 valence electrons. The summed E-state index contributed by atoms with van der Waals surface area (Å²) in [5.74, 6) is -0.0979. The third-order valence-electron chi connectivity index (χ3n) is 3.84. The van der Waals surface area contributed by atoms with Crippen LogP contribution < -0.4 is 5.32 Å². The van der Waals surface area contributed by atoms with E-state index in [4.69, 9.17) is 0 Å². The number of halogens is 1. The Morgan fingerprint density at radius 1 is 1.31 bits per heavy atom. The van der Waals surface area contributed by atoms with E-state index in [9.17, 15) is 9.18 Å². The van der Waals surface area contributed by atoms with Crippen molar-refractivity contribution >= 4 is 33.3 Å². The van der Waals surface area contributed by atoms with E-state index in [0.29, 0.717) is 28.7 Å². The summed E-state index contributed by atoms with van der Waals surface area (Å²) >= 11 is 1.30. The van der Waals surface area contributed by atoms with Crippen LogP contribution in [0.2, 0.25) is 0 Å². The lowest BCUT2D eigenvalue weighted by Crippen LogP contribution is -2.19. The van der Waals surface area contributed by atoms with Gasteiger partial charge in [-0.2, -0.15) is 14.9 Å². The highest BCUT2D eigenvalue weighted by Gasteiger charge is 2.17. The third kappa shape index (κ3) is 2.86. The number of benzene rings is 1. The minimum absolute atomic E-state index is 0.280. The van der Waals surface area contributed by atoms with Crippen LogP contribution in [0.4, 0.5) is 10.2 Å². The van der Waals surface area contributed by atoms with Gasteiger partial charge < -0.3 is 5.32 Å². The summed E-state index contributed by atoms with van der Waals surface area (Å²) in [6.07, 6.45) is 1.59. The van der Waals surface area contributed by atoms with E-state index in [1.165, 1.54) is 23.5 Å². The van der Waals surface area contributed by atoms with Crippen molar-refractivity contribution < 1.29 is 9.18 Å². The molecule has 1 aromatic carbocycles. The third-order valence-corrected chi connectivity index (χ3v) is 4.84. The van der Waals surface area contributed by atoms with E-state index in [-0.39, 0.29) is 11.7 Å². The number of aromatic nitrogens is 5. The number of carbonyl (C=O) groups is 1. The Hall–Kier alpha value is -3.07. The summed E-state index contributed by atoms with van der Waals surface area (Å²) in [6, 6.07) is 7.85. The van der Waals surface area contributed by atoms with Crippen LogP contribution in [-0.2, 0) is 6.54 Å². The molecule has 26 heavy (non-hydrogen) atoms. The molecule has 0 aliphatic heterocycles. The molecule has 0 aliphatic carbocycles. The number of aryl methyl sites for hydroxylation is 2. The van der Waals surface area contributed by atoms with Gasteiger partial charge in [0.25, 0.3) is 5.91 Å². The molecule has 0 saturated heterocycles. The van der Waals surface area contributed by atoms with Gasteiger partial charge in [0, 0.05) is 18.8 Å². The van der Waals surface area contributed by atoms with Gasteiger partial charge in [-0.25, -0.2) is 9.37 Å². The van der Waals surface area contributed by atoms with Gasteiger partial charge in [0.05, 0.1) is 15.9 Å². The molecular weight excluding hydrogens is 355 g/mol. The molecule has 1 amide bonds. The lowest BCUT2D eigenvalue weighted by atomic mass is 10.3. The van der Waals surface area contributed by atoms with Crippen LogP contribution in [0.5, 0.6) is 0 Å². The zero-order valence-corrected chi connectivity index (χ0v) is 14.9. The van der Waals surface area contributed by atoms with Gasteiger partial charge in [0.15, 0.2) is 0 Å². The first-order valence-electron chi connectivity index (χ1n) is 8.01. The van der Waals surface area contributed by atoms with Crippen LogP contribution in [0.1, 0.15) is 23.1 Å². The summed E-state index contributed by atoms with van der Waals surface area (Å²) in [5, 5.41) is 11.9. The fourth-order valence-corrected chi connectivity index (χ4v) is 3.63. The second-order valence-corrected chi connectivity index (χ2v) is 6.69. The topological polar surface area (TPSA) is 77.6 Å². The highest BCUT2D eigenvalue weighted by atomic mass is 32.1. The predicted molar refractivity (Wildman–Crippen MR) is 97.3 cm³/mol. The van der Waals surface area contributed by atoms with Crippen molar-refractivity contribution in [1.82, 2.24) is 24.5 Å². The zero-order chi connectivity index (χ0) is 18.3. The smallest absolute Gasteiger partial charge is 0.275 e. The number of nitrogens with one attached hydrogen (secondary N) is 1. The van der Waals surface area contributed by atoms with Gasteiger partial charge in [0.1, 0.15) is 17.3 Å². The number of anilines is 1. The first-order chi connectivity index (χ1) is 12.5. The average molecular weight is 370 g/mol. The largest absolute Gasteiger partial charge is 0.305 e. The number of fused-ring (bicyclic) bond motifs is 1. The van der Waals surface area contributed by atoms with Crippen molar-refractivity contribution in [2.45, 2.75) is 20.4 Å². The molecule has 0 fully saturated rings. The number of carbonyl (C=O) groups excluding carboxylic acids is 1. The first kappa shape index (κ1) is 16.4. The molecule has 1 N–H and O–H groups in total. The molecule has 0 radical (unpaired) electrons. The molecule has 3 heterocycles. The van der Waals surface area contributed by atoms with Crippen LogP contribution in [0.3, 0.4) is 0 Å². The standard InChI is InChI=1S/C17H15FN6OS/c1-3-23-13(6-7-19-23)16(25)21-15-8-10(2)22-24(15)17-20-12-5-4-11(18)9-14(12)26-17/h4-9H,3H2,1-2H3,(H,21,25). The van der Waals surface area contributed by atoms with E-state index in [1.54, 1.807) is 33.8 Å². The summed E-state index contributed by atoms with van der Waals surface area (Å²) in [6.45, 7) is 4.34. The van der Waals surface area contributed by atoms with Crippen molar-refractivity contribution in [1.29, 1.82) is 0 Å². The Labute approximate surface area is 152 Å². The van der Waals surface area contributed by atoms with E-state index in [1.807, 2.05) is 13.8 Å². The normalized spacial score (nSPS) is 11.2. The monoisotopic (exact) mass is 370 g/mol. The lowest BCUT2D eigenvalue weighted by molar-refractivity contribution is 0.101. The summed E-state index contributed by atoms with van der Waals surface area (Å²) < 4.78 is 17.3. The van der Waals surface area contributed by atoms with Crippen molar-refractivity contribution in [2.24, 2.45) is 0 Å². The molecule has 0 bridgehead atoms. The second-order valence-electron chi connectivity index (χ2n) is 5.68. The predicted octanol–water partition coefficient (Wildman–Crippen LogP) is 3.40. The number of nitrogens with zero attached hydrogens (tertiary/aromatic N) is 5. The van der Waals surface area contributed by atoms with E-state index in [2.05, 4.69) is 20.5 Å². The second kappa shape index (κ2) is 6.34. The molecule has 0 spiro atoms. The summed E-state index contributed by atoms with van der Waals surface area (Å²) in [7, 11) is 0. The molecule has 4 aromatic rings. The molecule has 0 saturated carbocycles. The number of hydrogen-bond donors (Lipinski definition) is 1. The van der Waals surface area contributed by atoms with Gasteiger partial charge >= 0.3 is 0 Å². The van der Waals surface area contributed by atoms with Crippen LogP contribution >= 0.6 is 11.3 Å². The average Bonchev–Trinajstić information content (AvgIpc) is 3.31. The molecular formula is C17H15FN6OS. The fraction of sp³-hybridized carbons (Fsp3) is 0.176. The summed E-state index contributed by atoms with van der Waals surface area (Å²) in [5.41, 5.74) is 1.87. The van der Waals surface area contributed by atoms with Crippen LogP contribution in [0.25, 0.3) is 15.3 Å². The number of rotatable bonds is 4. The Morgan fingerprint density at radius 2 is 2.15 bits per heavy atom. The quantitative estimate of drug-likeness (QED) is 0.597. The lowest BCUT2D eigenvalue weighted by Gasteiger charge is -2.07. The van der Waals surface area contributed by atoms with E-state index in [0.717, 1.165) is 10.4 Å². The molecule has 4 rings (SSSR count). The van der Waals surface area contributed by atoms with Gasteiger partial charge in [-0.05, 0) is 38.1 Å². The Balaban J connectivity index is 1.71. The molecule has 7 nitrogen and oxygen atoms in total. The Kier molecular flexibility index (Phi) is 4.00. The van der Waals surface area contributed by atoms with Crippen LogP contribution in [0.15, 0.2) is 36.5 Å². The minimum Gasteiger partial charge on any atom is -0.305 e. The molecule has 0 unspecified atom stereocenters. The fourth-order valence-electron chi connectivity index (χ4n) is 2.67. The first-order valence-corrected chi connectivity index (χ1v) is 8.83. The highest BCUT2D eigenvalue weighted by Crippen LogP contribution is 2.28. The van der Waals surface area contributed by atoms with Crippen molar-refractivity contribution in [3.8, 4) is 5.13 Å². The summed E-state index contributed by atoms with van der Waals surface area (Å²) in [4.78, 5) is 17.1. The van der Waals surface area contributed by atoms with E-state index < -0.39 is 0 Å². The molecule has 9 heteroatoms. The van der Waals surface area contributed by atoms with E-state index >= 15 is 0 Å². The molecule has 0 atom stereocenters. The number of hydrogen-bond acceptors (Lipinski definition) is 5. The Morgan fingerprint density at radius 3 is 2.96 bits per heavy atom. The van der Waals surface area contributed by atoms with Crippen molar-refractivity contribution in [2.75, 3.05) is 5.32 Å². The van der Waals surface area contributed by atoms with Gasteiger partial charge in [-0.3, -0.25) is 9.48 Å². The Bertz CT molecular complexity index is 1110. The maximum absolute atomic E-state index is 13.4. The highest BCUT2D eigenvalue weighted by molar-refractivity contribution is 7.20.